The summed E-state index contributed by atoms with van der Waals surface area (Å²) in [5.41, 5.74) is 5.72. The lowest BCUT2D eigenvalue weighted by Crippen LogP contribution is -2.00. The van der Waals surface area contributed by atoms with Gasteiger partial charge in [-0.05, 0) is 42.5 Å². The maximum atomic E-state index is 8.79. The van der Waals surface area contributed by atoms with Crippen molar-refractivity contribution in [1.82, 2.24) is 19.5 Å². The first-order valence-electron chi connectivity index (χ1n) is 19.0. The summed E-state index contributed by atoms with van der Waals surface area (Å²) in [6, 6.07) is 40.7. The van der Waals surface area contributed by atoms with Crippen LogP contribution in [0.3, 0.4) is 0 Å². The van der Waals surface area contributed by atoms with Gasteiger partial charge in [-0.2, -0.15) is 0 Å². The van der Waals surface area contributed by atoms with Gasteiger partial charge in [-0.15, -0.1) is 11.3 Å². The summed E-state index contributed by atoms with van der Waals surface area (Å²) in [5, 5.41) is 6.36. The molecule has 0 bridgehead atoms. The molecule has 51 heavy (non-hydrogen) atoms. The summed E-state index contributed by atoms with van der Waals surface area (Å²) < 4.78 is 53.7. The Kier molecular flexibility index (Phi) is 5.08. The smallest absolute Gasteiger partial charge is 0.165 e. The van der Waals surface area contributed by atoms with Gasteiger partial charge in [0, 0.05) is 58.4 Å². The van der Waals surface area contributed by atoms with E-state index in [4.69, 9.17) is 26.2 Å². The van der Waals surface area contributed by atoms with Crippen LogP contribution in [-0.2, 0) is 0 Å². The molecule has 0 saturated carbocycles. The normalized spacial score (nSPS) is 13.3. The number of rotatable bonds is 4. The fraction of sp³-hybridized carbons (Fsp3) is 0. The Labute approximate surface area is 302 Å². The van der Waals surface area contributed by atoms with E-state index in [-0.39, 0.29) is 29.3 Å². The van der Waals surface area contributed by atoms with Gasteiger partial charge in [0.25, 0.3) is 0 Å². The molecule has 0 atom stereocenters. The fourth-order valence-electron chi connectivity index (χ4n) is 7.30. The maximum absolute atomic E-state index is 8.79. The minimum Gasteiger partial charge on any atom is -0.454 e. The van der Waals surface area contributed by atoms with Crippen LogP contribution < -0.4 is 0 Å². The molecule has 5 nitrogen and oxygen atoms in total. The van der Waals surface area contributed by atoms with Gasteiger partial charge in [0.1, 0.15) is 5.58 Å². The summed E-state index contributed by atoms with van der Waals surface area (Å²) in [6.07, 6.45) is 0. The first-order chi connectivity index (χ1) is 27.4. The average Bonchev–Trinajstić information content (AvgIpc) is 3.91. The number of thiophene rings is 1. The van der Waals surface area contributed by atoms with E-state index in [2.05, 4.69) is 71.3 Å². The zero-order chi connectivity index (χ0) is 37.8. The lowest BCUT2D eigenvalue weighted by molar-refractivity contribution is 0.666. The van der Waals surface area contributed by atoms with Gasteiger partial charge in [0.2, 0.25) is 0 Å². The molecular weight excluding hydrogens is 645 g/mol. The van der Waals surface area contributed by atoms with Crippen molar-refractivity contribution in [2.75, 3.05) is 0 Å². The summed E-state index contributed by atoms with van der Waals surface area (Å²) >= 11 is 1.63. The average molecular weight is 676 g/mol. The second-order valence-electron chi connectivity index (χ2n) is 12.4. The molecule has 0 saturated heterocycles. The van der Waals surface area contributed by atoms with E-state index in [1.807, 2.05) is 60.7 Å². The number of furan rings is 1. The van der Waals surface area contributed by atoms with Gasteiger partial charge in [0.05, 0.1) is 23.6 Å². The molecule has 0 spiro atoms. The van der Waals surface area contributed by atoms with Crippen molar-refractivity contribution < 1.29 is 11.3 Å². The molecule has 0 aliphatic heterocycles. The number of fused-ring (bicyclic) bond motifs is 9. The van der Waals surface area contributed by atoms with Crippen molar-refractivity contribution in [1.29, 1.82) is 0 Å². The molecule has 11 aromatic rings. The van der Waals surface area contributed by atoms with Crippen LogP contribution in [0.1, 0.15) is 6.85 Å². The van der Waals surface area contributed by atoms with Gasteiger partial charge < -0.3 is 8.98 Å². The van der Waals surface area contributed by atoms with Crippen molar-refractivity contribution in [2.24, 2.45) is 0 Å². The second-order valence-corrected chi connectivity index (χ2v) is 13.5. The van der Waals surface area contributed by atoms with E-state index in [0.29, 0.717) is 17.0 Å². The maximum Gasteiger partial charge on any atom is 0.165 e. The first kappa shape index (κ1) is 23.7. The van der Waals surface area contributed by atoms with Crippen LogP contribution in [0, 0.1) is 0 Å². The number of hydrogen-bond donors (Lipinski definition) is 0. The molecule has 238 valence electrons. The van der Waals surface area contributed by atoms with Crippen molar-refractivity contribution in [3.8, 4) is 39.9 Å². The molecule has 0 aliphatic rings. The molecule has 4 heterocycles. The zero-order valence-electron chi connectivity index (χ0n) is 31.7. The topological polar surface area (TPSA) is 56.7 Å². The van der Waals surface area contributed by atoms with Crippen molar-refractivity contribution in [3.05, 3.63) is 158 Å². The van der Waals surface area contributed by atoms with Crippen LogP contribution in [-0.4, -0.2) is 19.5 Å². The van der Waals surface area contributed by atoms with E-state index < -0.39 is 18.1 Å². The summed E-state index contributed by atoms with van der Waals surface area (Å²) in [5.74, 6) is 0.589. The summed E-state index contributed by atoms with van der Waals surface area (Å²) in [7, 11) is 0. The van der Waals surface area contributed by atoms with Crippen LogP contribution in [0.15, 0.2) is 162 Å². The van der Waals surface area contributed by atoms with Crippen LogP contribution in [0.5, 0.6) is 0 Å². The molecule has 0 radical (unpaired) electrons. The molecule has 4 aromatic heterocycles. The summed E-state index contributed by atoms with van der Waals surface area (Å²) in [6.45, 7) is 0. The molecule has 0 fully saturated rings. The zero-order valence-corrected chi connectivity index (χ0v) is 27.5. The van der Waals surface area contributed by atoms with Crippen molar-refractivity contribution >= 4 is 75.3 Å². The van der Waals surface area contributed by atoms with Crippen LogP contribution in [0.2, 0.25) is 0 Å². The van der Waals surface area contributed by atoms with Gasteiger partial charge in [-0.1, -0.05) is 115 Å². The minimum absolute atomic E-state index is 0.0153. The third-order valence-corrected chi connectivity index (χ3v) is 10.8. The standard InChI is InChI=1S/C45H26N4OS/c1-2-12-27(13-3-1)43-46-44(48-45(47-43)35-19-10-18-34-32-16-6-9-23-40(32)51-42(34)35)28-24-25-31-33-17-11-22-38(41(33)50-39(31)26-28)49-36-20-7-4-14-29(36)30-15-5-8-21-37(30)49/h1-26H/i1D,2D,3D,12D,13D. The van der Waals surface area contributed by atoms with E-state index in [1.165, 1.54) is 0 Å². The van der Waals surface area contributed by atoms with Crippen molar-refractivity contribution in [3.63, 3.8) is 0 Å². The highest BCUT2D eigenvalue weighted by Gasteiger charge is 2.20. The Morgan fingerprint density at radius 2 is 1.18 bits per heavy atom. The molecule has 0 N–H and O–H groups in total. The van der Waals surface area contributed by atoms with Gasteiger partial charge in [-0.25, -0.2) is 15.0 Å². The molecule has 11 rings (SSSR count). The third-order valence-electron chi connectivity index (χ3n) is 9.56. The Hall–Kier alpha value is -6.63. The highest BCUT2D eigenvalue weighted by Crippen LogP contribution is 2.41. The molecule has 0 amide bonds. The highest BCUT2D eigenvalue weighted by atomic mass is 32.1. The number of nitrogens with zero attached hydrogens (tertiary/aromatic N) is 4. The van der Waals surface area contributed by atoms with Crippen molar-refractivity contribution in [2.45, 2.75) is 0 Å². The number of aromatic nitrogens is 4. The molecule has 7 aromatic carbocycles. The monoisotopic (exact) mass is 675 g/mol. The molecule has 0 aliphatic carbocycles. The number of para-hydroxylation sites is 3. The first-order valence-corrected chi connectivity index (χ1v) is 17.4. The third kappa shape index (κ3) is 4.30. The predicted octanol–water partition coefficient (Wildman–Crippen LogP) is 12.2. The largest absolute Gasteiger partial charge is 0.454 e. The predicted molar refractivity (Wildman–Crippen MR) is 211 cm³/mol. The lowest BCUT2D eigenvalue weighted by Gasteiger charge is -2.09. The highest BCUT2D eigenvalue weighted by molar-refractivity contribution is 7.26. The van der Waals surface area contributed by atoms with Crippen LogP contribution in [0.25, 0.3) is 104 Å². The molecule has 0 unspecified atom stereocenters. The Balaban J connectivity index is 1.15. The van der Waals surface area contributed by atoms with Gasteiger partial charge in [0.15, 0.2) is 23.1 Å². The van der Waals surface area contributed by atoms with E-state index in [0.717, 1.165) is 69.6 Å². The van der Waals surface area contributed by atoms with Gasteiger partial charge in [-0.3, -0.25) is 0 Å². The Morgan fingerprint density at radius 3 is 1.98 bits per heavy atom. The SMILES string of the molecule is [2H]c1c([2H])c([2H])c(-c2nc(-c3ccc4c(c3)oc3c(-n5c6ccccc6c6ccccc65)cccc34)nc(-c3cccc4c3sc3ccccc34)n2)c([2H])c1[2H]. The van der Waals surface area contributed by atoms with Crippen LogP contribution >= 0.6 is 11.3 Å². The Bertz CT molecular complexity index is 3380. The Morgan fingerprint density at radius 1 is 0.529 bits per heavy atom. The van der Waals surface area contributed by atoms with Crippen LogP contribution in [0.4, 0.5) is 0 Å². The number of hydrogen-bond acceptors (Lipinski definition) is 5. The van der Waals surface area contributed by atoms with E-state index in [9.17, 15) is 0 Å². The number of benzene rings is 7. The fourth-order valence-corrected chi connectivity index (χ4v) is 8.51. The summed E-state index contributed by atoms with van der Waals surface area (Å²) in [4.78, 5) is 14.7. The van der Waals surface area contributed by atoms with E-state index >= 15 is 0 Å². The molecular formula is C45H26N4OS. The lowest BCUT2D eigenvalue weighted by atomic mass is 10.1. The quantitative estimate of drug-likeness (QED) is 0.186. The second kappa shape index (κ2) is 10.9. The molecule has 6 heteroatoms. The minimum atomic E-state index is -0.482. The van der Waals surface area contributed by atoms with E-state index in [1.54, 1.807) is 11.3 Å². The van der Waals surface area contributed by atoms with Gasteiger partial charge >= 0.3 is 0 Å².